The molecule has 0 spiro atoms. The smallest absolute Gasteiger partial charge is 0.338 e. The summed E-state index contributed by atoms with van der Waals surface area (Å²) in [5.74, 6) is 0.555. The first-order chi connectivity index (χ1) is 21.2. The SMILES string of the molecule is CCCC1=C(C(=O)OCC)[C@@H](c2ccc(C(C)C)cc2)n2c(s/c(=C/c3cccc(OCc4ccc(Cl)c(Cl)c4)c3)c2=O)=N1. The molecule has 44 heavy (non-hydrogen) atoms. The Bertz CT molecular complexity index is 1890. The molecule has 2 heterocycles. The highest BCUT2D eigenvalue weighted by Gasteiger charge is 2.34. The number of hydrogen-bond donors (Lipinski definition) is 0. The maximum absolute atomic E-state index is 14.1. The number of carbonyl (C=O) groups is 1. The molecule has 0 fully saturated rings. The van der Waals surface area contributed by atoms with E-state index in [9.17, 15) is 9.59 Å². The van der Waals surface area contributed by atoms with Gasteiger partial charge in [0.2, 0.25) is 0 Å². The van der Waals surface area contributed by atoms with Crippen LogP contribution in [0, 0.1) is 0 Å². The lowest BCUT2D eigenvalue weighted by atomic mass is 9.92. The second-order valence-corrected chi connectivity index (χ2v) is 12.7. The molecule has 0 unspecified atom stereocenters. The number of halogens is 2. The quantitative estimate of drug-likeness (QED) is 0.166. The summed E-state index contributed by atoms with van der Waals surface area (Å²) in [6.45, 7) is 8.64. The van der Waals surface area contributed by atoms with Gasteiger partial charge in [-0.25, -0.2) is 9.79 Å². The third-order valence-corrected chi connectivity index (χ3v) is 9.08. The molecule has 6 nitrogen and oxygen atoms in total. The summed E-state index contributed by atoms with van der Waals surface area (Å²) in [4.78, 5) is 32.9. The maximum atomic E-state index is 14.1. The number of allylic oxidation sites excluding steroid dienone is 1. The van der Waals surface area contributed by atoms with E-state index >= 15 is 0 Å². The van der Waals surface area contributed by atoms with Crippen molar-refractivity contribution in [3.05, 3.63) is 130 Å². The highest BCUT2D eigenvalue weighted by atomic mass is 35.5. The molecular weight excluding hydrogens is 615 g/mol. The molecule has 1 aliphatic heterocycles. The largest absolute Gasteiger partial charge is 0.489 e. The Morgan fingerprint density at radius 1 is 1.05 bits per heavy atom. The van der Waals surface area contributed by atoms with Crippen LogP contribution >= 0.6 is 34.5 Å². The summed E-state index contributed by atoms with van der Waals surface area (Å²) in [6, 6.07) is 20.4. The molecule has 1 aromatic heterocycles. The van der Waals surface area contributed by atoms with Gasteiger partial charge < -0.3 is 9.47 Å². The minimum atomic E-state index is -0.643. The molecule has 0 N–H and O–H groups in total. The molecule has 0 aliphatic carbocycles. The number of nitrogens with zero attached hydrogens (tertiary/aromatic N) is 2. The van der Waals surface area contributed by atoms with Gasteiger partial charge in [0.25, 0.3) is 5.56 Å². The minimum Gasteiger partial charge on any atom is -0.489 e. The van der Waals surface area contributed by atoms with Crippen molar-refractivity contribution in [3.8, 4) is 5.75 Å². The van der Waals surface area contributed by atoms with Crippen LogP contribution in [0.2, 0.25) is 10.0 Å². The van der Waals surface area contributed by atoms with Crippen LogP contribution in [0.5, 0.6) is 5.75 Å². The lowest BCUT2D eigenvalue weighted by Crippen LogP contribution is -2.40. The molecule has 0 amide bonds. The van der Waals surface area contributed by atoms with Gasteiger partial charge in [0, 0.05) is 0 Å². The molecule has 0 saturated carbocycles. The van der Waals surface area contributed by atoms with E-state index in [2.05, 4.69) is 26.0 Å². The van der Waals surface area contributed by atoms with Gasteiger partial charge in [-0.05, 0) is 71.9 Å². The zero-order chi connectivity index (χ0) is 31.4. The van der Waals surface area contributed by atoms with Crippen LogP contribution in [0.4, 0.5) is 0 Å². The Hall–Kier alpha value is -3.65. The summed E-state index contributed by atoms with van der Waals surface area (Å²) in [5.41, 5.74) is 4.57. The second kappa shape index (κ2) is 14.0. The van der Waals surface area contributed by atoms with Gasteiger partial charge >= 0.3 is 5.97 Å². The van der Waals surface area contributed by atoms with Crippen molar-refractivity contribution in [2.75, 3.05) is 6.61 Å². The van der Waals surface area contributed by atoms with Crippen molar-refractivity contribution in [1.82, 2.24) is 4.57 Å². The first kappa shape index (κ1) is 31.8. The van der Waals surface area contributed by atoms with Crippen molar-refractivity contribution in [1.29, 1.82) is 0 Å². The van der Waals surface area contributed by atoms with E-state index in [1.54, 1.807) is 23.6 Å². The number of aromatic nitrogens is 1. The number of esters is 1. The molecule has 3 aromatic carbocycles. The van der Waals surface area contributed by atoms with E-state index in [-0.39, 0.29) is 12.2 Å². The third kappa shape index (κ3) is 6.85. The van der Waals surface area contributed by atoms with Gasteiger partial charge in [0.15, 0.2) is 4.80 Å². The Labute approximate surface area is 270 Å². The fraction of sp³-hybridized carbons (Fsp3) is 0.286. The number of benzene rings is 3. The number of fused-ring (bicyclic) bond motifs is 1. The lowest BCUT2D eigenvalue weighted by molar-refractivity contribution is -0.139. The van der Waals surface area contributed by atoms with Crippen molar-refractivity contribution in [3.63, 3.8) is 0 Å². The lowest BCUT2D eigenvalue weighted by Gasteiger charge is -2.26. The Kier molecular flexibility index (Phi) is 10.1. The predicted octanol–water partition coefficient (Wildman–Crippen LogP) is 7.59. The van der Waals surface area contributed by atoms with Crippen molar-refractivity contribution in [2.24, 2.45) is 4.99 Å². The van der Waals surface area contributed by atoms with Gasteiger partial charge in [-0.1, -0.05) is 104 Å². The number of rotatable bonds is 10. The normalized spacial score (nSPS) is 14.9. The molecule has 0 saturated heterocycles. The number of hydrogen-bond acceptors (Lipinski definition) is 6. The summed E-state index contributed by atoms with van der Waals surface area (Å²) < 4.78 is 13.7. The summed E-state index contributed by atoms with van der Waals surface area (Å²) >= 11 is 13.5. The van der Waals surface area contributed by atoms with E-state index in [0.29, 0.717) is 55.3 Å². The van der Waals surface area contributed by atoms with Crippen LogP contribution in [-0.2, 0) is 16.1 Å². The molecular formula is C35H34Cl2N2O4S. The topological polar surface area (TPSA) is 69.9 Å². The molecule has 5 rings (SSSR count). The van der Waals surface area contributed by atoms with E-state index in [1.165, 1.54) is 16.9 Å². The monoisotopic (exact) mass is 648 g/mol. The van der Waals surface area contributed by atoms with Crippen LogP contribution < -0.4 is 19.6 Å². The minimum absolute atomic E-state index is 0.217. The van der Waals surface area contributed by atoms with Crippen LogP contribution in [0.1, 0.15) is 74.8 Å². The van der Waals surface area contributed by atoms with Gasteiger partial charge in [-0.3, -0.25) is 9.36 Å². The third-order valence-electron chi connectivity index (χ3n) is 7.36. The standard InChI is InChI=1S/C35H34Cl2N2O4S/c1-5-8-29-31(34(41)42-6-2)32(25-14-12-24(13-15-25)21(3)4)39-33(40)30(44-35(39)38-29)19-22-9-7-10-26(17-22)43-20-23-11-16-27(36)28(37)18-23/h7,9-19,21,32H,5-6,8,20H2,1-4H3/b30-19+/t32-/m1/s1. The predicted molar refractivity (Wildman–Crippen MR) is 177 cm³/mol. The van der Waals surface area contributed by atoms with Gasteiger partial charge in [-0.15, -0.1) is 0 Å². The fourth-order valence-electron chi connectivity index (χ4n) is 5.14. The fourth-order valence-corrected chi connectivity index (χ4v) is 6.48. The summed E-state index contributed by atoms with van der Waals surface area (Å²) in [7, 11) is 0. The van der Waals surface area contributed by atoms with Crippen LogP contribution in [-0.4, -0.2) is 17.1 Å². The molecule has 0 radical (unpaired) electrons. The highest BCUT2D eigenvalue weighted by Crippen LogP contribution is 2.33. The van der Waals surface area contributed by atoms with E-state index in [4.69, 9.17) is 37.7 Å². The molecule has 4 aromatic rings. The van der Waals surface area contributed by atoms with E-state index in [0.717, 1.165) is 23.1 Å². The zero-order valence-corrected chi connectivity index (χ0v) is 27.4. The zero-order valence-electron chi connectivity index (χ0n) is 25.1. The Morgan fingerprint density at radius 2 is 1.82 bits per heavy atom. The number of thiazole rings is 1. The van der Waals surface area contributed by atoms with Crippen molar-refractivity contribution >= 4 is 46.6 Å². The van der Waals surface area contributed by atoms with Crippen molar-refractivity contribution in [2.45, 2.75) is 59.1 Å². The molecule has 0 bridgehead atoms. The molecule has 1 atom stereocenters. The number of carbonyl (C=O) groups excluding carboxylic acids is 1. The number of ether oxygens (including phenoxy) is 2. The molecule has 1 aliphatic rings. The van der Waals surface area contributed by atoms with E-state index < -0.39 is 12.0 Å². The Morgan fingerprint density at radius 3 is 2.50 bits per heavy atom. The van der Waals surface area contributed by atoms with E-state index in [1.807, 2.05) is 55.5 Å². The van der Waals surface area contributed by atoms with Crippen LogP contribution in [0.15, 0.2) is 87.8 Å². The van der Waals surface area contributed by atoms with Crippen molar-refractivity contribution < 1.29 is 14.3 Å². The second-order valence-electron chi connectivity index (χ2n) is 10.8. The highest BCUT2D eigenvalue weighted by molar-refractivity contribution is 7.07. The van der Waals surface area contributed by atoms with Gasteiger partial charge in [-0.2, -0.15) is 0 Å². The average molecular weight is 650 g/mol. The van der Waals surface area contributed by atoms with Gasteiger partial charge in [0.1, 0.15) is 12.4 Å². The molecule has 9 heteroatoms. The Balaban J connectivity index is 1.57. The maximum Gasteiger partial charge on any atom is 0.338 e. The van der Waals surface area contributed by atoms with Gasteiger partial charge in [0.05, 0.1) is 38.5 Å². The molecule has 228 valence electrons. The van der Waals surface area contributed by atoms with Crippen LogP contribution in [0.3, 0.4) is 0 Å². The first-order valence-electron chi connectivity index (χ1n) is 14.7. The van der Waals surface area contributed by atoms with Crippen LogP contribution in [0.25, 0.3) is 6.08 Å². The summed E-state index contributed by atoms with van der Waals surface area (Å²) in [6.07, 6.45) is 3.23. The summed E-state index contributed by atoms with van der Waals surface area (Å²) in [5, 5.41) is 0.962. The average Bonchev–Trinajstić information content (AvgIpc) is 3.31. The first-order valence-corrected chi connectivity index (χ1v) is 16.3.